The molecule has 1 aliphatic heterocycles. The third-order valence-corrected chi connectivity index (χ3v) is 3.58. The van der Waals surface area contributed by atoms with Crippen LogP contribution in [-0.2, 0) is 4.74 Å². The average molecular weight is 344 g/mol. The van der Waals surface area contributed by atoms with Gasteiger partial charge in [-0.3, -0.25) is 14.3 Å². The van der Waals surface area contributed by atoms with E-state index in [1.54, 1.807) is 0 Å². The van der Waals surface area contributed by atoms with E-state index in [4.69, 9.17) is 16.0 Å². The van der Waals surface area contributed by atoms with Crippen molar-refractivity contribution in [3.63, 3.8) is 0 Å². The number of aromatic nitrogens is 4. The summed E-state index contributed by atoms with van der Waals surface area (Å²) in [6, 6.07) is 0. The first-order valence-corrected chi connectivity index (χ1v) is 6.40. The van der Waals surface area contributed by atoms with Crippen LogP contribution in [-0.4, -0.2) is 54.1 Å². The van der Waals surface area contributed by atoms with E-state index in [-0.39, 0.29) is 17.1 Å². The summed E-state index contributed by atoms with van der Waals surface area (Å²) in [5.74, 6) is -4.34. The summed E-state index contributed by atoms with van der Waals surface area (Å²) in [7, 11) is 0. The summed E-state index contributed by atoms with van der Waals surface area (Å²) in [5.41, 5.74) is 9.88. The van der Waals surface area contributed by atoms with Gasteiger partial charge in [-0.05, 0) is 5.53 Å². The lowest BCUT2D eigenvalue weighted by atomic mass is 10.1. The molecule has 12 nitrogen and oxygen atoms in total. The number of hydrogen-bond donors (Lipinski definition) is 4. The van der Waals surface area contributed by atoms with Gasteiger partial charge in [-0.2, -0.15) is 13.8 Å². The molecule has 0 spiro atoms. The van der Waals surface area contributed by atoms with Crippen LogP contribution in [0.5, 0.6) is 0 Å². The fourth-order valence-electron chi connectivity index (χ4n) is 2.44. The van der Waals surface area contributed by atoms with Crippen molar-refractivity contribution in [3.05, 3.63) is 27.1 Å². The molecule has 3 atom stereocenters. The van der Waals surface area contributed by atoms with E-state index in [9.17, 15) is 23.8 Å². The van der Waals surface area contributed by atoms with E-state index in [1.807, 2.05) is 0 Å². The number of anilines is 1. The number of rotatable bonds is 3. The zero-order valence-corrected chi connectivity index (χ0v) is 11.7. The average Bonchev–Trinajstić information content (AvgIpc) is 3.01. The highest BCUT2D eigenvalue weighted by molar-refractivity contribution is 5.70. The Labute approximate surface area is 130 Å². The number of imidazole rings is 1. The zero-order valence-electron chi connectivity index (χ0n) is 11.7. The van der Waals surface area contributed by atoms with Crippen LogP contribution in [0.3, 0.4) is 0 Å². The Kier molecular flexibility index (Phi) is 3.42. The van der Waals surface area contributed by atoms with Crippen LogP contribution in [0.25, 0.3) is 21.6 Å². The first kappa shape index (κ1) is 16.1. The van der Waals surface area contributed by atoms with Gasteiger partial charge in [-0.25, -0.2) is 4.98 Å². The minimum absolute atomic E-state index is 0.289. The number of alkyl halides is 2. The fourth-order valence-corrected chi connectivity index (χ4v) is 2.44. The Morgan fingerprint density at radius 1 is 1.62 bits per heavy atom. The Morgan fingerprint density at radius 3 is 2.96 bits per heavy atom. The molecule has 2 aromatic rings. The van der Waals surface area contributed by atoms with E-state index in [0.29, 0.717) is 4.57 Å². The highest BCUT2D eigenvalue weighted by Crippen LogP contribution is 2.49. The lowest BCUT2D eigenvalue weighted by Gasteiger charge is -2.23. The first-order valence-electron chi connectivity index (χ1n) is 6.40. The van der Waals surface area contributed by atoms with Crippen molar-refractivity contribution in [1.29, 1.82) is 0 Å². The van der Waals surface area contributed by atoms with Crippen molar-refractivity contribution >= 4 is 17.1 Å². The number of halogens is 2. The maximum atomic E-state index is 14.4. The predicted molar refractivity (Wildman–Crippen MR) is 72.6 cm³/mol. The van der Waals surface area contributed by atoms with Gasteiger partial charge < -0.3 is 20.7 Å². The summed E-state index contributed by atoms with van der Waals surface area (Å²) in [5, 5.41) is 22.0. The molecular weight excluding hydrogens is 334 g/mol. The van der Waals surface area contributed by atoms with Crippen LogP contribution in [0.15, 0.2) is 16.2 Å². The van der Waals surface area contributed by atoms with E-state index < -0.39 is 36.1 Å². The molecule has 5 N–H and O–H groups in total. The first-order chi connectivity index (χ1) is 11.3. The van der Waals surface area contributed by atoms with Gasteiger partial charge in [0.05, 0.1) is 12.9 Å². The van der Waals surface area contributed by atoms with Gasteiger partial charge >= 0.3 is 5.92 Å². The van der Waals surface area contributed by atoms with Gasteiger partial charge in [0.1, 0.15) is 0 Å². The summed E-state index contributed by atoms with van der Waals surface area (Å²) in [4.78, 5) is 23.5. The smallest absolute Gasteiger partial charge is 0.320 e. The molecule has 0 amide bonds. The maximum absolute atomic E-state index is 14.4. The summed E-state index contributed by atoms with van der Waals surface area (Å²) in [6.07, 6.45) is -4.06. The third-order valence-electron chi connectivity index (χ3n) is 3.58. The summed E-state index contributed by atoms with van der Waals surface area (Å²) >= 11 is 0. The highest BCUT2D eigenvalue weighted by Gasteiger charge is 2.67. The topological polar surface area (TPSA) is 188 Å². The number of aliphatic hydroxyl groups excluding tert-OH is 2. The van der Waals surface area contributed by atoms with Crippen molar-refractivity contribution in [1.82, 2.24) is 19.5 Å². The van der Waals surface area contributed by atoms with Gasteiger partial charge in [-0.15, -0.1) is 0 Å². The normalized spacial score (nSPS) is 28.8. The van der Waals surface area contributed by atoms with Gasteiger partial charge in [0.15, 0.2) is 17.3 Å². The molecule has 0 bridgehead atoms. The quantitative estimate of drug-likeness (QED) is 0.319. The van der Waals surface area contributed by atoms with Crippen molar-refractivity contribution < 1.29 is 23.7 Å². The van der Waals surface area contributed by atoms with Crippen molar-refractivity contribution in [2.24, 2.45) is 5.11 Å². The number of aromatic amines is 1. The van der Waals surface area contributed by atoms with Crippen LogP contribution in [0, 0.1) is 0 Å². The second-order valence-electron chi connectivity index (χ2n) is 5.01. The number of hydrogen-bond acceptors (Lipinski definition) is 8. The largest absolute Gasteiger partial charge is 0.393 e. The number of aliphatic hydroxyl groups is 2. The molecule has 1 fully saturated rings. The number of nitrogens with two attached hydrogens (primary N) is 1. The molecule has 24 heavy (non-hydrogen) atoms. The molecule has 0 aliphatic carbocycles. The number of nitrogen functional groups attached to an aromatic ring is 1. The molecule has 1 saturated heterocycles. The Balaban J connectivity index is 2.20. The van der Waals surface area contributed by atoms with E-state index in [0.717, 1.165) is 6.33 Å². The van der Waals surface area contributed by atoms with Crippen molar-refractivity contribution in [3.8, 4) is 0 Å². The van der Waals surface area contributed by atoms with Gasteiger partial charge in [0.2, 0.25) is 17.9 Å². The Hall–Kier alpha value is -2.80. The molecule has 3 heterocycles. The van der Waals surface area contributed by atoms with E-state index in [1.165, 1.54) is 0 Å². The summed E-state index contributed by atoms with van der Waals surface area (Å²) < 4.78 is 34.5. The lowest BCUT2D eigenvalue weighted by molar-refractivity contribution is -0.141. The van der Waals surface area contributed by atoms with E-state index >= 15 is 0 Å². The standard InChI is InChI=1S/C10H10F2N8O4/c11-10(12)6(23)9(1-21,18-19-14)24-7(10)20-2-15-3-4(20)16-8(13)17-5(3)22/h2,6-7,21,23H,1H2,(H3,13,16,17,22)/t6-,7-,9-/m1/s1. The van der Waals surface area contributed by atoms with Crippen molar-refractivity contribution in [2.45, 2.75) is 24.0 Å². The van der Waals surface area contributed by atoms with Crippen LogP contribution in [0.1, 0.15) is 6.23 Å². The molecule has 0 saturated carbocycles. The van der Waals surface area contributed by atoms with Gasteiger partial charge in [-0.1, -0.05) is 5.11 Å². The molecular formula is C10H10F2N8O4. The molecule has 0 aromatic carbocycles. The molecule has 1 aliphatic rings. The SMILES string of the molecule is [N-]=[N+]=N[C@]1(CO)O[C@@H](n2cnc3c(=O)[nH]c(N)nc32)C(F)(F)[C@@H]1O. The maximum Gasteiger partial charge on any atom is 0.320 e. The predicted octanol–water partition coefficient (Wildman–Crippen LogP) is -0.774. The van der Waals surface area contributed by atoms with Crippen LogP contribution in [0.2, 0.25) is 0 Å². The molecule has 2 aromatic heterocycles. The number of ether oxygens (including phenoxy) is 1. The molecule has 0 radical (unpaired) electrons. The second-order valence-corrected chi connectivity index (χ2v) is 5.01. The van der Waals surface area contributed by atoms with Crippen molar-refractivity contribution in [2.75, 3.05) is 12.3 Å². The Bertz CT molecular complexity index is 906. The van der Waals surface area contributed by atoms with Gasteiger partial charge in [0.25, 0.3) is 5.56 Å². The number of azide groups is 1. The highest BCUT2D eigenvalue weighted by atomic mass is 19.3. The summed E-state index contributed by atoms with van der Waals surface area (Å²) in [6.45, 7) is -1.20. The lowest BCUT2D eigenvalue weighted by Crippen LogP contribution is -2.47. The minimum Gasteiger partial charge on any atom is -0.393 e. The van der Waals surface area contributed by atoms with Gasteiger partial charge in [0, 0.05) is 4.91 Å². The fraction of sp³-hybridized carbons (Fsp3) is 0.500. The molecule has 14 heteroatoms. The zero-order chi connectivity index (χ0) is 17.7. The molecule has 128 valence electrons. The number of H-pyrrole nitrogens is 1. The van der Waals surface area contributed by atoms with Crippen LogP contribution in [0.4, 0.5) is 14.7 Å². The number of fused-ring (bicyclic) bond motifs is 1. The number of nitrogens with one attached hydrogen (secondary N) is 1. The minimum atomic E-state index is -4.00. The van der Waals surface area contributed by atoms with Crippen LogP contribution < -0.4 is 11.3 Å². The second kappa shape index (κ2) is 5.10. The van der Waals surface area contributed by atoms with E-state index in [2.05, 4.69) is 25.0 Å². The van der Waals surface area contributed by atoms with Crippen LogP contribution >= 0.6 is 0 Å². The Morgan fingerprint density at radius 2 is 2.33 bits per heavy atom. The number of nitrogens with zero attached hydrogens (tertiary/aromatic N) is 6. The molecule has 0 unspecified atom stereocenters. The monoisotopic (exact) mass is 344 g/mol. The molecule has 3 rings (SSSR count). The third kappa shape index (κ3) is 2.01.